The second-order valence-corrected chi connectivity index (χ2v) is 16.3. The average molecular weight is 735 g/mol. The monoisotopic (exact) mass is 734 g/mol. The van der Waals surface area contributed by atoms with Crippen LogP contribution in [0.2, 0.25) is 0 Å². The Morgan fingerprint density at radius 3 is 1.05 bits per heavy atom. The second-order valence-electron chi connectivity index (χ2n) is 16.3. The summed E-state index contributed by atoms with van der Waals surface area (Å²) in [5.74, 6) is 0. The molecule has 9 aromatic rings. The zero-order valence-corrected chi connectivity index (χ0v) is 33.3. The third-order valence-corrected chi connectivity index (χ3v) is 12.4. The largest absolute Gasteiger partial charge is 0.315 e. The molecule has 4 nitrogen and oxygen atoms in total. The van der Waals surface area contributed by atoms with Crippen molar-refractivity contribution in [3.05, 3.63) is 185 Å². The van der Waals surface area contributed by atoms with Crippen LogP contribution in [0.25, 0.3) is 33.2 Å². The van der Waals surface area contributed by atoms with Crippen LogP contribution < -0.4 is 26.2 Å². The molecular formula is C52H43BN4. The van der Waals surface area contributed by atoms with Crippen LogP contribution in [0.5, 0.6) is 0 Å². The number of aryl methyl sites for hydroxylation is 6. The van der Waals surface area contributed by atoms with Crippen molar-refractivity contribution in [1.29, 1.82) is 0 Å². The predicted molar refractivity (Wildman–Crippen MR) is 243 cm³/mol. The quantitative estimate of drug-likeness (QED) is 0.158. The molecule has 0 saturated carbocycles. The lowest BCUT2D eigenvalue weighted by atomic mass is 9.34. The molecule has 5 heteroatoms. The van der Waals surface area contributed by atoms with Gasteiger partial charge in [-0.05, 0) is 143 Å². The van der Waals surface area contributed by atoms with Gasteiger partial charge in [0.05, 0.1) is 22.4 Å². The Morgan fingerprint density at radius 1 is 0.386 bits per heavy atom. The van der Waals surface area contributed by atoms with Crippen molar-refractivity contribution in [3.63, 3.8) is 0 Å². The Kier molecular flexibility index (Phi) is 7.31. The first kappa shape index (κ1) is 33.6. The Labute approximate surface area is 334 Å². The van der Waals surface area contributed by atoms with E-state index in [0.717, 1.165) is 22.7 Å². The van der Waals surface area contributed by atoms with Crippen molar-refractivity contribution in [3.8, 4) is 11.4 Å². The smallest absolute Gasteiger partial charge is 0.252 e. The number of anilines is 6. The Balaban J connectivity index is 1.16. The highest BCUT2D eigenvalue weighted by molar-refractivity contribution is 7.00. The van der Waals surface area contributed by atoms with Crippen molar-refractivity contribution in [2.75, 3.05) is 9.80 Å². The SMILES string of the molecule is Cc1ccc(N(c2ccc(C)cc2)c2ccc3c4c2cc(C)n4-c2cccc4c2B3c2ccc(N(c3ccc(C)cc3)c3ccc(C)cc3)c3cc(C)n-4c23)cc1. The maximum absolute atomic E-state index is 2.53. The van der Waals surface area contributed by atoms with E-state index in [9.17, 15) is 0 Å². The van der Waals surface area contributed by atoms with Crippen LogP contribution >= 0.6 is 0 Å². The predicted octanol–water partition coefficient (Wildman–Crippen LogP) is 11.5. The molecule has 0 spiro atoms. The van der Waals surface area contributed by atoms with Gasteiger partial charge in [0.1, 0.15) is 0 Å². The summed E-state index contributed by atoms with van der Waals surface area (Å²) < 4.78 is 5.05. The molecule has 7 aromatic carbocycles. The molecule has 0 aliphatic carbocycles. The fourth-order valence-electron chi connectivity index (χ4n) is 9.72. The van der Waals surface area contributed by atoms with Gasteiger partial charge in [-0.1, -0.05) is 89.0 Å². The van der Waals surface area contributed by atoms with Gasteiger partial charge >= 0.3 is 0 Å². The summed E-state index contributed by atoms with van der Waals surface area (Å²) in [5, 5.41) is 2.52. The van der Waals surface area contributed by atoms with Crippen LogP contribution in [-0.2, 0) is 0 Å². The highest BCUT2D eigenvalue weighted by Crippen LogP contribution is 2.44. The molecule has 274 valence electrons. The molecule has 0 radical (unpaired) electrons. The topological polar surface area (TPSA) is 16.3 Å². The van der Waals surface area contributed by atoms with Gasteiger partial charge in [0.15, 0.2) is 0 Å². The summed E-state index contributed by atoms with van der Waals surface area (Å²) in [6, 6.07) is 57.0. The molecule has 2 aromatic heterocycles. The summed E-state index contributed by atoms with van der Waals surface area (Å²) in [7, 11) is 0. The average Bonchev–Trinajstić information content (AvgIpc) is 3.76. The summed E-state index contributed by atoms with van der Waals surface area (Å²) in [6.45, 7) is 13.2. The standard InChI is InChI=1S/C52H43BN4/c1-32-10-18-38(19-11-32)56(39-20-12-33(2)13-21-39)46-28-26-44-51-42(46)30-36(5)54(51)48-8-7-9-49-50(48)53(44)45-27-29-47(43-31-37(6)55(49)52(43)45)57(40-22-14-34(3)15-23-40)41-24-16-35(4)17-25-41/h7-31H,1-6H3. The van der Waals surface area contributed by atoms with E-state index >= 15 is 0 Å². The third kappa shape index (κ3) is 4.94. The van der Waals surface area contributed by atoms with Gasteiger partial charge < -0.3 is 18.9 Å². The molecule has 0 N–H and O–H groups in total. The highest BCUT2D eigenvalue weighted by Gasteiger charge is 2.41. The normalized spacial score (nSPS) is 12.4. The van der Waals surface area contributed by atoms with Crippen molar-refractivity contribution in [2.45, 2.75) is 41.5 Å². The van der Waals surface area contributed by atoms with Gasteiger partial charge in [0.25, 0.3) is 6.71 Å². The summed E-state index contributed by atoms with van der Waals surface area (Å²) >= 11 is 0. The molecule has 2 aliphatic heterocycles. The van der Waals surface area contributed by atoms with Gasteiger partial charge in [-0.3, -0.25) is 0 Å². The van der Waals surface area contributed by atoms with Crippen molar-refractivity contribution in [2.24, 2.45) is 0 Å². The summed E-state index contributed by atoms with van der Waals surface area (Å²) in [4.78, 5) is 4.86. The molecule has 0 atom stereocenters. The lowest BCUT2D eigenvalue weighted by Gasteiger charge is -2.35. The second kappa shape index (κ2) is 12.4. The molecule has 0 unspecified atom stereocenters. The zero-order chi connectivity index (χ0) is 38.7. The first-order valence-corrected chi connectivity index (χ1v) is 20.1. The van der Waals surface area contributed by atoms with Gasteiger partial charge in [0.2, 0.25) is 0 Å². The number of hydrogen-bond acceptors (Lipinski definition) is 2. The molecule has 4 heterocycles. The van der Waals surface area contributed by atoms with Crippen LogP contribution in [0.1, 0.15) is 33.6 Å². The van der Waals surface area contributed by atoms with E-state index < -0.39 is 0 Å². The van der Waals surface area contributed by atoms with Crippen LogP contribution in [0.3, 0.4) is 0 Å². The number of aromatic nitrogens is 2. The van der Waals surface area contributed by atoms with Crippen molar-refractivity contribution >= 4 is 79.0 Å². The van der Waals surface area contributed by atoms with Crippen molar-refractivity contribution in [1.82, 2.24) is 9.13 Å². The zero-order valence-electron chi connectivity index (χ0n) is 33.3. The van der Waals surface area contributed by atoms with Crippen LogP contribution in [0.15, 0.2) is 152 Å². The molecule has 2 aliphatic rings. The first-order chi connectivity index (χ1) is 27.7. The Bertz CT molecular complexity index is 2760. The van der Waals surface area contributed by atoms with Gasteiger partial charge in [-0.2, -0.15) is 0 Å². The fourth-order valence-corrected chi connectivity index (χ4v) is 9.72. The number of nitrogens with zero attached hydrogens (tertiary/aromatic N) is 4. The minimum absolute atomic E-state index is 0.0762. The minimum atomic E-state index is 0.0762. The van der Waals surface area contributed by atoms with Gasteiger partial charge in [0, 0.05) is 56.3 Å². The van der Waals surface area contributed by atoms with E-state index in [-0.39, 0.29) is 6.71 Å². The van der Waals surface area contributed by atoms with E-state index in [1.54, 1.807) is 0 Å². The maximum Gasteiger partial charge on any atom is 0.252 e. The van der Waals surface area contributed by atoms with Crippen LogP contribution in [0, 0.1) is 41.5 Å². The van der Waals surface area contributed by atoms with E-state index in [1.165, 1.54) is 94.6 Å². The third-order valence-electron chi connectivity index (χ3n) is 12.4. The Morgan fingerprint density at radius 2 is 0.719 bits per heavy atom. The number of benzene rings is 7. The van der Waals surface area contributed by atoms with E-state index in [2.05, 4.69) is 212 Å². The van der Waals surface area contributed by atoms with Crippen LogP contribution in [0.4, 0.5) is 34.1 Å². The van der Waals surface area contributed by atoms with E-state index in [4.69, 9.17) is 0 Å². The minimum Gasteiger partial charge on any atom is -0.315 e. The Hall–Kier alpha value is -6.72. The molecular weight excluding hydrogens is 691 g/mol. The number of hydrogen-bond donors (Lipinski definition) is 0. The molecule has 0 saturated heterocycles. The number of rotatable bonds is 6. The lowest BCUT2D eigenvalue weighted by Crippen LogP contribution is -2.59. The number of fused-ring (bicyclic) bond motifs is 4. The molecule has 0 fully saturated rings. The maximum atomic E-state index is 2.53. The molecule has 57 heavy (non-hydrogen) atoms. The molecule has 0 amide bonds. The van der Waals surface area contributed by atoms with E-state index in [0.29, 0.717) is 0 Å². The van der Waals surface area contributed by atoms with Crippen molar-refractivity contribution < 1.29 is 0 Å². The fraction of sp³-hybridized carbons (Fsp3) is 0.115. The lowest BCUT2D eigenvalue weighted by molar-refractivity contribution is 1.03. The van der Waals surface area contributed by atoms with Gasteiger partial charge in [-0.15, -0.1) is 0 Å². The van der Waals surface area contributed by atoms with E-state index in [1.807, 2.05) is 0 Å². The summed E-state index contributed by atoms with van der Waals surface area (Å²) in [5.41, 5.74) is 23.7. The molecule has 11 rings (SSSR count). The highest BCUT2D eigenvalue weighted by atomic mass is 15.2. The summed E-state index contributed by atoms with van der Waals surface area (Å²) in [6.07, 6.45) is 0. The van der Waals surface area contributed by atoms with Crippen LogP contribution in [-0.4, -0.2) is 15.8 Å². The van der Waals surface area contributed by atoms with Gasteiger partial charge in [-0.25, -0.2) is 0 Å². The first-order valence-electron chi connectivity index (χ1n) is 20.1. The molecule has 0 bridgehead atoms.